The van der Waals surface area contributed by atoms with Gasteiger partial charge in [-0.3, -0.25) is 9.59 Å². The molecule has 5 nitrogen and oxygen atoms in total. The molecule has 1 aliphatic heterocycles. The minimum Gasteiger partial charge on any atom is -0.462 e. The molecule has 0 amide bonds. The van der Waals surface area contributed by atoms with Gasteiger partial charge < -0.3 is 14.6 Å². The molecule has 1 heterocycles. The average molecular weight is 308 g/mol. The first-order chi connectivity index (χ1) is 10.2. The molecular weight excluding hydrogens is 284 g/mol. The topological polar surface area (TPSA) is 72.8 Å². The van der Waals surface area contributed by atoms with E-state index in [1.807, 2.05) is 13.8 Å². The first-order valence-corrected chi connectivity index (χ1v) is 8.00. The summed E-state index contributed by atoms with van der Waals surface area (Å²) in [5.41, 5.74) is -1.30. The number of carbonyl (C=O) groups is 2. The van der Waals surface area contributed by atoms with Crippen molar-refractivity contribution >= 4 is 11.9 Å². The number of hydrogen-bond donors (Lipinski definition) is 1. The van der Waals surface area contributed by atoms with Gasteiger partial charge in [-0.15, -0.1) is 0 Å². The maximum absolute atomic E-state index is 12.0. The zero-order valence-corrected chi connectivity index (χ0v) is 13.4. The van der Waals surface area contributed by atoms with Crippen LogP contribution in [0.3, 0.4) is 0 Å². The third-order valence-corrected chi connectivity index (χ3v) is 6.19. The van der Waals surface area contributed by atoms with Gasteiger partial charge in [-0.25, -0.2) is 0 Å². The van der Waals surface area contributed by atoms with Crippen LogP contribution in [0.4, 0.5) is 0 Å². The molecule has 0 spiro atoms. The minimum atomic E-state index is -1.32. The summed E-state index contributed by atoms with van der Waals surface area (Å²) < 4.78 is 11.0. The summed E-state index contributed by atoms with van der Waals surface area (Å²) in [6.07, 6.45) is 1.72. The lowest BCUT2D eigenvalue weighted by molar-refractivity contribution is -0.224. The Balaban J connectivity index is 2.03. The van der Waals surface area contributed by atoms with E-state index in [4.69, 9.17) is 9.47 Å². The van der Waals surface area contributed by atoms with Gasteiger partial charge in [-0.05, 0) is 31.3 Å². The second kappa shape index (κ2) is 4.82. The van der Waals surface area contributed by atoms with Crippen LogP contribution in [0.1, 0.15) is 46.5 Å². The van der Waals surface area contributed by atoms with Crippen LogP contribution in [-0.2, 0) is 19.1 Å². The summed E-state index contributed by atoms with van der Waals surface area (Å²) in [4.78, 5) is 23.4. The molecule has 5 heteroatoms. The van der Waals surface area contributed by atoms with Crippen LogP contribution >= 0.6 is 0 Å². The summed E-state index contributed by atoms with van der Waals surface area (Å²) in [5, 5.41) is 11.5. The molecule has 0 aromatic carbocycles. The van der Waals surface area contributed by atoms with Crippen LogP contribution in [0.5, 0.6) is 0 Å². The van der Waals surface area contributed by atoms with Crippen molar-refractivity contribution < 1.29 is 24.2 Å². The van der Waals surface area contributed by atoms with E-state index in [0.717, 1.165) is 6.42 Å². The van der Waals surface area contributed by atoms with Gasteiger partial charge in [-0.2, -0.15) is 0 Å². The monoisotopic (exact) mass is 308 g/mol. The molecule has 122 valence electrons. The van der Waals surface area contributed by atoms with E-state index >= 15 is 0 Å². The van der Waals surface area contributed by atoms with Gasteiger partial charge in [0, 0.05) is 18.3 Å². The smallest absolute Gasteiger partial charge is 0.309 e. The maximum Gasteiger partial charge on any atom is 0.309 e. The molecule has 0 radical (unpaired) electrons. The lowest BCUT2D eigenvalue weighted by Crippen LogP contribution is -2.67. The highest BCUT2D eigenvalue weighted by Gasteiger charge is 2.68. The molecular formula is C17H24O5. The number of carbonyl (C=O) groups excluding carboxylic acids is 2. The van der Waals surface area contributed by atoms with Gasteiger partial charge in [0.25, 0.3) is 0 Å². The average Bonchev–Trinajstić information content (AvgIpc) is 2.73. The predicted molar refractivity (Wildman–Crippen MR) is 78.8 cm³/mol. The van der Waals surface area contributed by atoms with Crippen molar-refractivity contribution in [1.29, 1.82) is 0 Å². The third-order valence-electron chi connectivity index (χ3n) is 6.19. The van der Waals surface area contributed by atoms with Crippen LogP contribution in [0.15, 0.2) is 12.2 Å². The Kier molecular flexibility index (Phi) is 3.40. The van der Waals surface area contributed by atoms with Crippen LogP contribution in [0, 0.1) is 17.3 Å². The fourth-order valence-corrected chi connectivity index (χ4v) is 4.75. The standard InChI is InChI=1S/C17H24O5/c1-9-5-6-13(21-11(3)18)16(4)8-7-12-10(2)15(19)22-14(12)17(9,16)20/h10,12-14,20H,1,5-8H2,2-4H3/t10-,12-,13?,14-,16-,17+/m0/s1. The highest BCUT2D eigenvalue weighted by atomic mass is 16.6. The Morgan fingerprint density at radius 1 is 1.45 bits per heavy atom. The number of hydrogen-bond acceptors (Lipinski definition) is 5. The Morgan fingerprint density at radius 3 is 2.77 bits per heavy atom. The summed E-state index contributed by atoms with van der Waals surface area (Å²) in [7, 11) is 0. The molecule has 2 saturated carbocycles. The zero-order chi connectivity index (χ0) is 16.3. The lowest BCUT2D eigenvalue weighted by Gasteiger charge is -2.58. The van der Waals surface area contributed by atoms with E-state index in [-0.39, 0.29) is 29.9 Å². The van der Waals surface area contributed by atoms with Crippen LogP contribution in [0.2, 0.25) is 0 Å². The van der Waals surface area contributed by atoms with Crippen LogP contribution in [-0.4, -0.2) is 34.9 Å². The van der Waals surface area contributed by atoms with Gasteiger partial charge in [0.1, 0.15) is 17.8 Å². The highest BCUT2D eigenvalue weighted by molar-refractivity contribution is 5.75. The van der Waals surface area contributed by atoms with Crippen molar-refractivity contribution in [1.82, 2.24) is 0 Å². The largest absolute Gasteiger partial charge is 0.462 e. The van der Waals surface area contributed by atoms with E-state index in [1.165, 1.54) is 6.92 Å². The molecule has 0 aromatic heterocycles. The number of esters is 2. The number of aliphatic hydroxyl groups is 1. The summed E-state index contributed by atoms with van der Waals surface area (Å²) in [6.45, 7) is 9.23. The van der Waals surface area contributed by atoms with Gasteiger partial charge >= 0.3 is 11.9 Å². The highest BCUT2D eigenvalue weighted by Crippen LogP contribution is 2.60. The second-order valence-corrected chi connectivity index (χ2v) is 7.27. The Hall–Kier alpha value is -1.36. The van der Waals surface area contributed by atoms with E-state index in [0.29, 0.717) is 24.8 Å². The van der Waals surface area contributed by atoms with E-state index in [1.54, 1.807) is 0 Å². The number of ether oxygens (including phenoxy) is 2. The first-order valence-electron chi connectivity index (χ1n) is 8.00. The summed E-state index contributed by atoms with van der Waals surface area (Å²) >= 11 is 0. The molecule has 0 bridgehead atoms. The summed E-state index contributed by atoms with van der Waals surface area (Å²) in [5.74, 6) is -0.811. The molecule has 1 unspecified atom stereocenters. The quantitative estimate of drug-likeness (QED) is 0.592. The van der Waals surface area contributed by atoms with Gasteiger partial charge in [0.2, 0.25) is 0 Å². The maximum atomic E-state index is 12.0. The van der Waals surface area contributed by atoms with Crippen LogP contribution in [0.25, 0.3) is 0 Å². The molecule has 2 aliphatic carbocycles. The molecule has 1 saturated heterocycles. The van der Waals surface area contributed by atoms with Crippen molar-refractivity contribution in [2.45, 2.75) is 64.3 Å². The fourth-order valence-electron chi connectivity index (χ4n) is 4.75. The predicted octanol–water partition coefficient (Wildman–Crippen LogP) is 1.98. The van der Waals surface area contributed by atoms with E-state index < -0.39 is 17.1 Å². The molecule has 3 fully saturated rings. The van der Waals surface area contributed by atoms with Crippen LogP contribution < -0.4 is 0 Å². The molecule has 0 aromatic rings. The van der Waals surface area contributed by atoms with Crippen molar-refractivity contribution in [2.24, 2.45) is 17.3 Å². The van der Waals surface area contributed by atoms with Crippen molar-refractivity contribution in [3.05, 3.63) is 12.2 Å². The Labute approximate surface area is 130 Å². The van der Waals surface area contributed by atoms with Gasteiger partial charge in [-0.1, -0.05) is 20.4 Å². The number of rotatable bonds is 1. The molecule has 3 aliphatic rings. The lowest BCUT2D eigenvalue weighted by atomic mass is 9.51. The number of fused-ring (bicyclic) bond motifs is 3. The van der Waals surface area contributed by atoms with Crippen molar-refractivity contribution in [2.75, 3.05) is 0 Å². The normalized spacial score (nSPS) is 47.5. The molecule has 22 heavy (non-hydrogen) atoms. The van der Waals surface area contributed by atoms with E-state index in [2.05, 4.69) is 6.58 Å². The zero-order valence-electron chi connectivity index (χ0n) is 13.4. The Bertz CT molecular complexity index is 541. The van der Waals surface area contributed by atoms with E-state index in [9.17, 15) is 14.7 Å². The Morgan fingerprint density at radius 2 is 2.14 bits per heavy atom. The second-order valence-electron chi connectivity index (χ2n) is 7.27. The first kappa shape index (κ1) is 15.5. The third kappa shape index (κ3) is 1.81. The molecule has 6 atom stereocenters. The fraction of sp³-hybridized carbons (Fsp3) is 0.765. The van der Waals surface area contributed by atoms with Crippen molar-refractivity contribution in [3.8, 4) is 0 Å². The van der Waals surface area contributed by atoms with Gasteiger partial charge in [0.15, 0.2) is 0 Å². The SMILES string of the molecule is C=C1CCC(OC(C)=O)[C@]2(C)CC[C@H]3[C@H](C)C(=O)O[C@@H]3[C@]12O. The molecule has 1 N–H and O–H groups in total. The minimum absolute atomic E-state index is 0.00148. The van der Waals surface area contributed by atoms with Gasteiger partial charge in [0.05, 0.1) is 5.92 Å². The molecule has 3 rings (SSSR count). The van der Waals surface area contributed by atoms with Crippen molar-refractivity contribution in [3.63, 3.8) is 0 Å². The summed E-state index contributed by atoms with van der Waals surface area (Å²) in [6, 6.07) is 0.